The van der Waals surface area contributed by atoms with E-state index in [1.54, 1.807) is 17.4 Å². The smallest absolute Gasteiger partial charge is 0.279 e. The van der Waals surface area contributed by atoms with E-state index in [2.05, 4.69) is 22.2 Å². The molecule has 4 nitrogen and oxygen atoms in total. The van der Waals surface area contributed by atoms with E-state index in [9.17, 15) is 4.79 Å². The average molecular weight is 422 g/mol. The van der Waals surface area contributed by atoms with Crippen LogP contribution in [-0.2, 0) is 6.42 Å². The van der Waals surface area contributed by atoms with Crippen LogP contribution in [0.25, 0.3) is 10.4 Å². The fourth-order valence-corrected chi connectivity index (χ4v) is 4.10. The summed E-state index contributed by atoms with van der Waals surface area (Å²) in [5.74, 6) is -0.224. The van der Waals surface area contributed by atoms with Gasteiger partial charge in [-0.25, -0.2) is 0 Å². The van der Waals surface area contributed by atoms with Crippen molar-refractivity contribution in [3.05, 3.63) is 68.7 Å². The molecule has 0 spiro atoms. The molecule has 0 aliphatic heterocycles. The molecule has 26 heavy (non-hydrogen) atoms. The molecule has 3 rings (SSSR count). The molecular weight excluding hydrogens is 406 g/mol. The van der Waals surface area contributed by atoms with E-state index < -0.39 is 0 Å². The summed E-state index contributed by atoms with van der Waals surface area (Å²) in [6.07, 6.45) is 0.892. The molecule has 0 unspecified atom stereocenters. The molecule has 0 saturated carbocycles. The molecule has 8 heteroatoms. The molecule has 0 atom stereocenters. The number of thiocarbonyl (C=S) groups is 1. The third kappa shape index (κ3) is 5.28. The first-order valence-electron chi connectivity index (χ1n) is 7.84. The molecule has 0 aliphatic carbocycles. The van der Waals surface area contributed by atoms with Gasteiger partial charge < -0.3 is 5.32 Å². The number of amides is 1. The van der Waals surface area contributed by atoms with Crippen molar-refractivity contribution in [3.63, 3.8) is 0 Å². The molecule has 0 bridgehead atoms. The number of benzene rings is 1. The van der Waals surface area contributed by atoms with E-state index in [4.69, 9.17) is 23.8 Å². The quantitative estimate of drug-likeness (QED) is 0.420. The van der Waals surface area contributed by atoms with Crippen molar-refractivity contribution < 1.29 is 4.79 Å². The highest BCUT2D eigenvalue weighted by Crippen LogP contribution is 2.28. The van der Waals surface area contributed by atoms with Crippen LogP contribution in [0.3, 0.4) is 0 Å². The normalized spacial score (nSPS) is 10.3. The summed E-state index contributed by atoms with van der Waals surface area (Å²) in [5, 5.41) is 6.19. The first-order valence-corrected chi connectivity index (χ1v) is 10.3. The van der Waals surface area contributed by atoms with E-state index in [0.717, 1.165) is 16.9 Å². The van der Waals surface area contributed by atoms with E-state index >= 15 is 0 Å². The van der Waals surface area contributed by atoms with E-state index in [1.165, 1.54) is 16.2 Å². The lowest BCUT2D eigenvalue weighted by Gasteiger charge is -2.10. The number of carbonyl (C=O) groups is 1. The summed E-state index contributed by atoms with van der Waals surface area (Å²) in [6, 6.07) is 15.3. The van der Waals surface area contributed by atoms with E-state index in [-0.39, 0.29) is 5.91 Å². The number of thiophene rings is 2. The van der Waals surface area contributed by atoms with Crippen LogP contribution in [0, 0.1) is 0 Å². The second-order valence-corrected chi connectivity index (χ2v) is 8.30. The molecule has 1 amide bonds. The third-order valence-corrected chi connectivity index (χ3v) is 6.05. The molecule has 2 heterocycles. The van der Waals surface area contributed by atoms with Gasteiger partial charge in [0.05, 0.1) is 4.88 Å². The molecular formula is C18H16ClN3OS3. The topological polar surface area (TPSA) is 53.2 Å². The fraction of sp³-hybridized carbons (Fsp3) is 0.111. The molecule has 0 radical (unpaired) electrons. The second kappa shape index (κ2) is 9.14. The number of carbonyl (C=O) groups excluding carboxylic acids is 1. The van der Waals surface area contributed by atoms with Crippen LogP contribution in [-0.4, -0.2) is 17.6 Å². The van der Waals surface area contributed by atoms with Crippen molar-refractivity contribution in [2.24, 2.45) is 0 Å². The summed E-state index contributed by atoms with van der Waals surface area (Å²) in [4.78, 5) is 15.1. The number of hydrazine groups is 1. The van der Waals surface area contributed by atoms with Crippen molar-refractivity contribution in [1.29, 1.82) is 0 Å². The van der Waals surface area contributed by atoms with Crippen molar-refractivity contribution >= 4 is 57.5 Å². The average Bonchev–Trinajstić information content (AvgIpc) is 3.32. The second-order valence-electron chi connectivity index (χ2n) is 5.34. The highest BCUT2D eigenvalue weighted by Gasteiger charge is 2.10. The zero-order valence-corrected chi connectivity index (χ0v) is 16.8. The Kier molecular flexibility index (Phi) is 6.62. The molecule has 0 aliphatic rings. The third-order valence-electron chi connectivity index (χ3n) is 3.49. The van der Waals surface area contributed by atoms with Gasteiger partial charge in [-0.05, 0) is 59.9 Å². The van der Waals surface area contributed by atoms with Crippen molar-refractivity contribution in [2.45, 2.75) is 6.42 Å². The Morgan fingerprint density at radius 2 is 1.88 bits per heavy atom. The molecule has 2 aromatic heterocycles. The number of halogens is 1. The van der Waals surface area contributed by atoms with Crippen molar-refractivity contribution in [2.75, 3.05) is 6.54 Å². The van der Waals surface area contributed by atoms with Crippen LogP contribution in [0.4, 0.5) is 0 Å². The minimum absolute atomic E-state index is 0.224. The maximum absolute atomic E-state index is 12.2. The van der Waals surface area contributed by atoms with E-state index in [1.807, 2.05) is 41.8 Å². The van der Waals surface area contributed by atoms with Gasteiger partial charge in [-0.1, -0.05) is 29.8 Å². The summed E-state index contributed by atoms with van der Waals surface area (Å²) >= 11 is 14.2. The standard InChI is InChI=1S/C18H16ClN3OS3/c19-13-5-3-12(4-6-13)15-7-8-16(26-15)17(23)21-22-18(24)20-10-9-14-2-1-11-25-14/h1-8,11H,9-10H2,(H,21,23)(H2,20,22,24). The Bertz CT molecular complexity index is 875. The number of rotatable bonds is 5. The maximum atomic E-state index is 12.2. The highest BCUT2D eigenvalue weighted by molar-refractivity contribution is 7.80. The lowest BCUT2D eigenvalue weighted by Crippen LogP contribution is -2.47. The molecule has 0 fully saturated rings. The van der Waals surface area contributed by atoms with Gasteiger partial charge in [0.15, 0.2) is 5.11 Å². The maximum Gasteiger partial charge on any atom is 0.279 e. The predicted molar refractivity (Wildman–Crippen MR) is 114 cm³/mol. The molecule has 3 aromatic rings. The van der Waals surface area contributed by atoms with Crippen molar-refractivity contribution in [3.8, 4) is 10.4 Å². The van der Waals surface area contributed by atoms with Crippen LogP contribution in [0.1, 0.15) is 14.5 Å². The van der Waals surface area contributed by atoms with Crippen molar-refractivity contribution in [1.82, 2.24) is 16.2 Å². The Labute approximate surface area is 170 Å². The fourth-order valence-electron chi connectivity index (χ4n) is 2.20. The first-order chi connectivity index (χ1) is 12.6. The van der Waals surface area contributed by atoms with Crippen LogP contribution >= 0.6 is 46.5 Å². The highest BCUT2D eigenvalue weighted by atomic mass is 35.5. The summed E-state index contributed by atoms with van der Waals surface area (Å²) in [6.45, 7) is 0.710. The van der Waals surface area contributed by atoms with Crippen LogP contribution in [0.5, 0.6) is 0 Å². The van der Waals surface area contributed by atoms with Gasteiger partial charge in [-0.3, -0.25) is 15.6 Å². The Morgan fingerprint density at radius 3 is 2.62 bits per heavy atom. The van der Waals surface area contributed by atoms with Crippen LogP contribution < -0.4 is 16.2 Å². The molecule has 3 N–H and O–H groups in total. The van der Waals surface area contributed by atoms with Gasteiger partial charge in [0.1, 0.15) is 0 Å². The van der Waals surface area contributed by atoms with Gasteiger partial charge in [-0.15, -0.1) is 22.7 Å². The Hall–Kier alpha value is -1.93. The molecule has 1 aromatic carbocycles. The minimum Gasteiger partial charge on any atom is -0.361 e. The Morgan fingerprint density at radius 1 is 1.08 bits per heavy atom. The van der Waals surface area contributed by atoms with E-state index in [0.29, 0.717) is 21.6 Å². The minimum atomic E-state index is -0.224. The zero-order chi connectivity index (χ0) is 18.4. The predicted octanol–water partition coefficient (Wildman–Crippen LogP) is 4.48. The zero-order valence-electron chi connectivity index (χ0n) is 13.6. The lowest BCUT2D eigenvalue weighted by molar-refractivity contribution is 0.0948. The largest absolute Gasteiger partial charge is 0.361 e. The summed E-state index contributed by atoms with van der Waals surface area (Å²) in [5.41, 5.74) is 6.37. The lowest BCUT2D eigenvalue weighted by atomic mass is 10.2. The Balaban J connectivity index is 1.46. The SMILES string of the molecule is O=C(NNC(=S)NCCc1cccs1)c1ccc(-c2ccc(Cl)cc2)s1. The van der Waals surface area contributed by atoms with Gasteiger partial charge in [0, 0.05) is 21.3 Å². The summed E-state index contributed by atoms with van der Waals surface area (Å²) < 4.78 is 0. The molecule has 0 saturated heterocycles. The monoisotopic (exact) mass is 421 g/mol. The molecule has 134 valence electrons. The van der Waals surface area contributed by atoms with Crippen LogP contribution in [0.15, 0.2) is 53.9 Å². The number of hydrogen-bond donors (Lipinski definition) is 3. The summed E-state index contributed by atoms with van der Waals surface area (Å²) in [7, 11) is 0. The van der Waals surface area contributed by atoms with Gasteiger partial charge in [0.25, 0.3) is 5.91 Å². The number of hydrogen-bond acceptors (Lipinski definition) is 4. The number of nitrogens with one attached hydrogen (secondary N) is 3. The first kappa shape index (κ1) is 18.8. The van der Waals surface area contributed by atoms with Crippen LogP contribution in [0.2, 0.25) is 5.02 Å². The van der Waals surface area contributed by atoms with Gasteiger partial charge in [0.2, 0.25) is 0 Å². The van der Waals surface area contributed by atoms with Gasteiger partial charge >= 0.3 is 0 Å². The van der Waals surface area contributed by atoms with Gasteiger partial charge in [-0.2, -0.15) is 0 Å².